The molecule has 0 amide bonds. The largest absolute Gasteiger partial charge is 0.393 e. The van der Waals surface area contributed by atoms with Crippen LogP contribution in [0.5, 0.6) is 0 Å². The van der Waals surface area contributed by atoms with Crippen molar-refractivity contribution in [3.63, 3.8) is 0 Å². The van der Waals surface area contributed by atoms with E-state index in [1.54, 1.807) is 13.8 Å². The van der Waals surface area contributed by atoms with Crippen LogP contribution in [-0.2, 0) is 0 Å². The lowest BCUT2D eigenvalue weighted by atomic mass is 9.90. The third-order valence-corrected chi connectivity index (χ3v) is 4.39. The van der Waals surface area contributed by atoms with Gasteiger partial charge in [0.15, 0.2) is 17.4 Å². The normalized spacial score (nSPS) is 20.2. The molecule has 0 bridgehead atoms. The summed E-state index contributed by atoms with van der Waals surface area (Å²) in [7, 11) is 0. The molecule has 0 radical (unpaired) electrons. The summed E-state index contributed by atoms with van der Waals surface area (Å²) < 4.78 is 26.1. The summed E-state index contributed by atoms with van der Waals surface area (Å²) in [4.78, 5) is 14.4. The fourth-order valence-electron chi connectivity index (χ4n) is 2.85. The lowest BCUT2D eigenvalue weighted by Gasteiger charge is -2.36. The van der Waals surface area contributed by atoms with E-state index < -0.39 is 11.6 Å². The van der Waals surface area contributed by atoms with Crippen LogP contribution in [0.2, 0.25) is 0 Å². The molecule has 21 heavy (non-hydrogen) atoms. The Kier molecular flexibility index (Phi) is 5.06. The number of rotatable bonds is 4. The molecule has 1 heterocycles. The SMILES string of the molecule is CC(O)C1CCN(C(C)C(=O)c2ccc(F)c(F)c2)CC1. The number of Topliss-reactive ketones (excluding diaryl/α,β-unsaturated/α-hetero) is 1. The maximum atomic E-state index is 13.2. The predicted octanol–water partition coefficient (Wildman–Crippen LogP) is 2.63. The van der Waals surface area contributed by atoms with Crippen molar-refractivity contribution in [3.05, 3.63) is 35.4 Å². The molecule has 1 aromatic rings. The van der Waals surface area contributed by atoms with Crippen molar-refractivity contribution in [3.8, 4) is 0 Å². The number of halogens is 2. The van der Waals surface area contributed by atoms with E-state index in [0.717, 1.165) is 38.1 Å². The Morgan fingerprint density at radius 3 is 2.38 bits per heavy atom. The highest BCUT2D eigenvalue weighted by molar-refractivity contribution is 5.99. The number of hydrogen-bond donors (Lipinski definition) is 1. The number of hydrogen-bond acceptors (Lipinski definition) is 3. The molecule has 0 aliphatic carbocycles. The van der Waals surface area contributed by atoms with E-state index in [-0.39, 0.29) is 29.4 Å². The van der Waals surface area contributed by atoms with E-state index in [2.05, 4.69) is 0 Å². The van der Waals surface area contributed by atoms with Crippen LogP contribution in [0, 0.1) is 17.6 Å². The van der Waals surface area contributed by atoms with Gasteiger partial charge in [-0.25, -0.2) is 8.78 Å². The molecule has 1 saturated heterocycles. The Hall–Kier alpha value is -1.33. The number of aliphatic hydroxyl groups excluding tert-OH is 1. The molecule has 2 rings (SSSR count). The Balaban J connectivity index is 2.01. The van der Waals surface area contributed by atoms with E-state index in [0.29, 0.717) is 0 Å². The molecular formula is C16H21F2NO2. The van der Waals surface area contributed by atoms with Gasteiger partial charge < -0.3 is 5.11 Å². The second-order valence-electron chi connectivity index (χ2n) is 5.78. The van der Waals surface area contributed by atoms with E-state index >= 15 is 0 Å². The summed E-state index contributed by atoms with van der Waals surface area (Å²) in [5.74, 6) is -1.88. The van der Waals surface area contributed by atoms with Gasteiger partial charge in [-0.2, -0.15) is 0 Å². The molecule has 1 aliphatic heterocycles. The maximum absolute atomic E-state index is 13.2. The summed E-state index contributed by atoms with van der Waals surface area (Å²) in [5.41, 5.74) is 0.194. The standard InChI is InChI=1S/C16H21F2NO2/c1-10(19-7-5-12(6-8-19)11(2)20)16(21)13-3-4-14(17)15(18)9-13/h3-4,9-12,20H,5-8H2,1-2H3. The highest BCUT2D eigenvalue weighted by atomic mass is 19.2. The topological polar surface area (TPSA) is 40.5 Å². The van der Waals surface area contributed by atoms with Crippen molar-refractivity contribution < 1.29 is 18.7 Å². The second-order valence-corrected chi connectivity index (χ2v) is 5.78. The summed E-state index contributed by atoms with van der Waals surface area (Å²) in [6.45, 7) is 5.03. The van der Waals surface area contributed by atoms with E-state index in [1.807, 2.05) is 4.90 Å². The first-order chi connectivity index (χ1) is 9.90. The van der Waals surface area contributed by atoms with Crippen LogP contribution in [-0.4, -0.2) is 41.0 Å². The molecule has 0 spiro atoms. The zero-order valence-electron chi connectivity index (χ0n) is 12.4. The van der Waals surface area contributed by atoms with Crippen LogP contribution in [0.15, 0.2) is 18.2 Å². The first kappa shape index (κ1) is 16.0. The van der Waals surface area contributed by atoms with Crippen molar-refractivity contribution in [1.82, 2.24) is 4.90 Å². The Bertz CT molecular complexity index is 511. The molecule has 0 saturated carbocycles. The van der Waals surface area contributed by atoms with Gasteiger partial charge in [0, 0.05) is 5.56 Å². The highest BCUT2D eigenvalue weighted by Gasteiger charge is 2.29. The Morgan fingerprint density at radius 2 is 1.86 bits per heavy atom. The van der Waals surface area contributed by atoms with E-state index in [1.165, 1.54) is 6.07 Å². The third-order valence-electron chi connectivity index (χ3n) is 4.39. The molecule has 5 heteroatoms. The Morgan fingerprint density at radius 1 is 1.24 bits per heavy atom. The lowest BCUT2D eigenvalue weighted by Crippen LogP contribution is -2.45. The van der Waals surface area contributed by atoms with E-state index in [9.17, 15) is 18.7 Å². The molecule has 1 aromatic carbocycles. The first-order valence-corrected chi connectivity index (χ1v) is 7.31. The van der Waals surface area contributed by atoms with Gasteiger partial charge in [0.2, 0.25) is 0 Å². The highest BCUT2D eigenvalue weighted by Crippen LogP contribution is 2.23. The van der Waals surface area contributed by atoms with Crippen molar-refractivity contribution in [2.45, 2.75) is 38.8 Å². The summed E-state index contributed by atoms with van der Waals surface area (Å²) in [6, 6.07) is 2.88. The number of likely N-dealkylation sites (tertiary alicyclic amines) is 1. The van der Waals surface area contributed by atoms with Gasteiger partial charge in [0.1, 0.15) is 0 Å². The third kappa shape index (κ3) is 3.66. The van der Waals surface area contributed by atoms with Crippen molar-refractivity contribution in [1.29, 1.82) is 0 Å². The Labute approximate surface area is 123 Å². The lowest BCUT2D eigenvalue weighted by molar-refractivity contribution is 0.0527. The van der Waals surface area contributed by atoms with Gasteiger partial charge in [-0.3, -0.25) is 9.69 Å². The van der Waals surface area contributed by atoms with Crippen LogP contribution >= 0.6 is 0 Å². The molecule has 1 aliphatic rings. The molecule has 2 unspecified atom stereocenters. The predicted molar refractivity (Wildman–Crippen MR) is 76.1 cm³/mol. The van der Waals surface area contributed by atoms with Crippen molar-refractivity contribution in [2.24, 2.45) is 5.92 Å². The smallest absolute Gasteiger partial charge is 0.179 e. The minimum Gasteiger partial charge on any atom is -0.393 e. The number of ketones is 1. The van der Waals surface area contributed by atoms with Crippen LogP contribution in [0.4, 0.5) is 8.78 Å². The summed E-state index contributed by atoms with van der Waals surface area (Å²) in [5, 5.41) is 9.58. The number of piperidine rings is 1. The van der Waals surface area contributed by atoms with E-state index in [4.69, 9.17) is 0 Å². The fourth-order valence-corrected chi connectivity index (χ4v) is 2.85. The average Bonchev–Trinajstić information content (AvgIpc) is 2.48. The molecule has 1 N–H and O–H groups in total. The monoisotopic (exact) mass is 297 g/mol. The van der Waals surface area contributed by atoms with Crippen LogP contribution < -0.4 is 0 Å². The molecule has 1 fully saturated rings. The van der Waals surface area contributed by atoms with Crippen molar-refractivity contribution >= 4 is 5.78 Å². The number of benzene rings is 1. The number of carbonyl (C=O) groups excluding carboxylic acids is 1. The van der Waals surface area contributed by atoms with Gasteiger partial charge >= 0.3 is 0 Å². The van der Waals surface area contributed by atoms with Gasteiger partial charge in [-0.1, -0.05) is 0 Å². The van der Waals surface area contributed by atoms with Crippen LogP contribution in [0.1, 0.15) is 37.0 Å². The maximum Gasteiger partial charge on any atom is 0.179 e. The average molecular weight is 297 g/mol. The van der Waals surface area contributed by atoms with Crippen molar-refractivity contribution in [2.75, 3.05) is 13.1 Å². The quantitative estimate of drug-likeness (QED) is 0.869. The minimum absolute atomic E-state index is 0.194. The molecule has 3 nitrogen and oxygen atoms in total. The van der Waals surface area contributed by atoms with Gasteiger partial charge in [0.05, 0.1) is 12.1 Å². The number of aliphatic hydroxyl groups is 1. The van der Waals surface area contributed by atoms with Gasteiger partial charge in [0.25, 0.3) is 0 Å². The molecule has 0 aromatic heterocycles. The molecule has 2 atom stereocenters. The number of nitrogens with zero attached hydrogens (tertiary/aromatic N) is 1. The minimum atomic E-state index is -0.999. The zero-order valence-corrected chi connectivity index (χ0v) is 12.4. The summed E-state index contributed by atoms with van der Waals surface area (Å²) in [6.07, 6.45) is 1.35. The van der Waals surface area contributed by atoms with Gasteiger partial charge in [-0.05, 0) is 63.9 Å². The van der Waals surface area contributed by atoms with Crippen LogP contribution in [0.3, 0.4) is 0 Å². The second kappa shape index (κ2) is 6.62. The molecule has 116 valence electrons. The van der Waals surface area contributed by atoms with Crippen LogP contribution in [0.25, 0.3) is 0 Å². The van der Waals surface area contributed by atoms with Gasteiger partial charge in [-0.15, -0.1) is 0 Å². The number of carbonyl (C=O) groups is 1. The summed E-state index contributed by atoms with van der Waals surface area (Å²) >= 11 is 0. The first-order valence-electron chi connectivity index (χ1n) is 7.31. The zero-order chi connectivity index (χ0) is 15.6. The molecular weight excluding hydrogens is 276 g/mol. The fraction of sp³-hybridized carbons (Fsp3) is 0.562.